The Kier molecular flexibility index (Phi) is 6.24. The Balaban J connectivity index is 2.97. The van der Waals surface area contributed by atoms with E-state index in [9.17, 15) is 18.0 Å². The summed E-state index contributed by atoms with van der Waals surface area (Å²) in [6, 6.07) is 2.29. The molecule has 0 aromatic carbocycles. The largest absolute Gasteiger partial charge is 0.433 e. The molecule has 0 saturated heterocycles. The van der Waals surface area contributed by atoms with Crippen LogP contribution in [-0.2, 0) is 11.0 Å². The highest BCUT2D eigenvalue weighted by molar-refractivity contribution is 14.1. The summed E-state index contributed by atoms with van der Waals surface area (Å²) in [5, 5.41) is 0. The fraction of sp³-hybridized carbons (Fsp3) is 0.538. The van der Waals surface area contributed by atoms with Crippen LogP contribution in [-0.4, -0.2) is 42.5 Å². The number of halogens is 4. The molecule has 0 atom stereocenters. The van der Waals surface area contributed by atoms with Gasteiger partial charge in [-0.1, -0.05) is 0 Å². The van der Waals surface area contributed by atoms with Crippen molar-refractivity contribution >= 4 is 34.3 Å². The first-order valence-corrected chi connectivity index (χ1v) is 7.51. The maximum absolute atomic E-state index is 12.7. The first-order chi connectivity index (χ1) is 9.70. The van der Waals surface area contributed by atoms with Crippen molar-refractivity contribution in [1.29, 1.82) is 0 Å². The fourth-order valence-electron chi connectivity index (χ4n) is 1.81. The quantitative estimate of drug-likeness (QED) is 0.694. The number of hydrogen-bond acceptors (Lipinski definition) is 3. The molecule has 0 saturated carbocycles. The number of nitrogens with zero attached hydrogens (tertiary/aromatic N) is 3. The third kappa shape index (κ3) is 4.72. The van der Waals surface area contributed by atoms with Crippen LogP contribution in [0.1, 0.15) is 19.5 Å². The number of carbonyl (C=O) groups is 1. The second-order valence-corrected chi connectivity index (χ2v) is 5.58. The van der Waals surface area contributed by atoms with Crippen LogP contribution in [0.3, 0.4) is 0 Å². The van der Waals surface area contributed by atoms with Crippen molar-refractivity contribution in [3.63, 3.8) is 0 Å². The van der Waals surface area contributed by atoms with Gasteiger partial charge in [-0.05, 0) is 48.6 Å². The van der Waals surface area contributed by atoms with Gasteiger partial charge in [0.05, 0.1) is 10.1 Å². The number of aromatic nitrogens is 1. The molecule has 118 valence electrons. The lowest BCUT2D eigenvalue weighted by Crippen LogP contribution is -2.39. The number of alkyl halides is 3. The lowest BCUT2D eigenvalue weighted by Gasteiger charge is -2.24. The number of rotatable bonds is 5. The molecule has 1 rings (SSSR count). The van der Waals surface area contributed by atoms with Gasteiger partial charge >= 0.3 is 6.18 Å². The average molecular weight is 415 g/mol. The molecule has 0 unspecified atom stereocenters. The summed E-state index contributed by atoms with van der Waals surface area (Å²) in [6.07, 6.45) is -4.50. The maximum atomic E-state index is 12.7. The molecule has 1 heterocycles. The standard InChI is InChI=1S/C13H17F3IN3O/c1-4-20(5-2)11(21)8-19(3)12-9(17)6-7-10(18-12)13(14,15)16/h6-7H,4-5,8H2,1-3H3. The van der Waals surface area contributed by atoms with Gasteiger partial charge in [0.25, 0.3) is 0 Å². The minimum atomic E-state index is -4.50. The second kappa shape index (κ2) is 7.28. The van der Waals surface area contributed by atoms with Crippen LogP contribution in [0.4, 0.5) is 19.0 Å². The van der Waals surface area contributed by atoms with E-state index in [-0.39, 0.29) is 18.3 Å². The molecule has 1 amide bonds. The molecule has 0 aliphatic heterocycles. The zero-order chi connectivity index (χ0) is 16.2. The summed E-state index contributed by atoms with van der Waals surface area (Å²) in [6.45, 7) is 4.83. The van der Waals surface area contributed by atoms with E-state index in [2.05, 4.69) is 4.98 Å². The van der Waals surface area contributed by atoms with Crippen molar-refractivity contribution in [1.82, 2.24) is 9.88 Å². The van der Waals surface area contributed by atoms with E-state index in [0.717, 1.165) is 6.07 Å². The lowest BCUT2D eigenvalue weighted by atomic mass is 10.3. The topological polar surface area (TPSA) is 36.4 Å². The van der Waals surface area contributed by atoms with Gasteiger partial charge in [-0.15, -0.1) is 0 Å². The number of amides is 1. The molecule has 4 nitrogen and oxygen atoms in total. The van der Waals surface area contributed by atoms with Gasteiger partial charge in [0.1, 0.15) is 11.5 Å². The van der Waals surface area contributed by atoms with Gasteiger partial charge in [0.2, 0.25) is 5.91 Å². The predicted octanol–water partition coefficient (Wildman–Crippen LogP) is 3.01. The van der Waals surface area contributed by atoms with Crippen LogP contribution < -0.4 is 4.90 Å². The summed E-state index contributed by atoms with van der Waals surface area (Å²) in [4.78, 5) is 18.7. The minimum absolute atomic E-state index is 0.00794. The molecule has 0 fully saturated rings. The van der Waals surface area contributed by atoms with Crippen LogP contribution in [0.25, 0.3) is 0 Å². The SMILES string of the molecule is CCN(CC)C(=O)CN(C)c1nc(C(F)(F)F)ccc1I. The third-order valence-electron chi connectivity index (χ3n) is 2.97. The Morgan fingerprint density at radius 1 is 1.29 bits per heavy atom. The van der Waals surface area contributed by atoms with Crippen LogP contribution in [0, 0.1) is 3.57 Å². The summed E-state index contributed by atoms with van der Waals surface area (Å²) < 4.78 is 38.7. The monoisotopic (exact) mass is 415 g/mol. The number of likely N-dealkylation sites (N-methyl/N-ethyl adjacent to an activating group) is 2. The van der Waals surface area contributed by atoms with E-state index in [1.54, 1.807) is 11.9 Å². The normalized spacial score (nSPS) is 11.4. The van der Waals surface area contributed by atoms with Crippen molar-refractivity contribution in [2.75, 3.05) is 31.6 Å². The van der Waals surface area contributed by atoms with Crippen molar-refractivity contribution < 1.29 is 18.0 Å². The maximum Gasteiger partial charge on any atom is 0.433 e. The highest BCUT2D eigenvalue weighted by atomic mass is 127. The van der Waals surface area contributed by atoms with Gasteiger partial charge in [0.15, 0.2) is 0 Å². The van der Waals surface area contributed by atoms with Crippen molar-refractivity contribution in [3.05, 3.63) is 21.4 Å². The Morgan fingerprint density at radius 3 is 2.33 bits per heavy atom. The summed E-state index contributed by atoms with van der Waals surface area (Å²) in [7, 11) is 1.56. The number of anilines is 1. The smallest absolute Gasteiger partial charge is 0.349 e. The molecule has 0 radical (unpaired) electrons. The highest BCUT2D eigenvalue weighted by Crippen LogP contribution is 2.30. The summed E-state index contributed by atoms with van der Waals surface area (Å²) >= 11 is 1.91. The molecular formula is C13H17F3IN3O. The van der Waals surface area contributed by atoms with Gasteiger partial charge in [-0.3, -0.25) is 4.79 Å². The highest BCUT2D eigenvalue weighted by Gasteiger charge is 2.33. The fourth-order valence-corrected chi connectivity index (χ4v) is 2.52. The third-order valence-corrected chi connectivity index (χ3v) is 3.81. The summed E-state index contributed by atoms with van der Waals surface area (Å²) in [5.74, 6) is 0.0171. The molecule has 1 aromatic rings. The van der Waals surface area contributed by atoms with E-state index < -0.39 is 11.9 Å². The minimum Gasteiger partial charge on any atom is -0.349 e. The van der Waals surface area contributed by atoms with Crippen molar-refractivity contribution in [3.8, 4) is 0 Å². The number of hydrogen-bond donors (Lipinski definition) is 0. The van der Waals surface area contributed by atoms with Crippen LogP contribution in [0.2, 0.25) is 0 Å². The van der Waals surface area contributed by atoms with Crippen molar-refractivity contribution in [2.45, 2.75) is 20.0 Å². The molecule has 0 aliphatic carbocycles. The Morgan fingerprint density at radius 2 is 1.86 bits per heavy atom. The summed E-state index contributed by atoms with van der Waals surface area (Å²) in [5.41, 5.74) is -0.958. The number of carbonyl (C=O) groups excluding carboxylic acids is 1. The van der Waals surface area contributed by atoms with E-state index in [0.29, 0.717) is 16.7 Å². The molecule has 8 heteroatoms. The van der Waals surface area contributed by atoms with E-state index in [4.69, 9.17) is 0 Å². The lowest BCUT2D eigenvalue weighted by molar-refractivity contribution is -0.141. The molecule has 0 spiro atoms. The van der Waals surface area contributed by atoms with E-state index in [1.807, 2.05) is 36.4 Å². The zero-order valence-corrected chi connectivity index (χ0v) is 14.2. The Hall–Kier alpha value is -1.06. The molecule has 0 N–H and O–H groups in total. The predicted molar refractivity (Wildman–Crippen MR) is 83.2 cm³/mol. The number of pyridine rings is 1. The second-order valence-electron chi connectivity index (χ2n) is 4.42. The first kappa shape index (κ1) is 18.0. The average Bonchev–Trinajstić information content (AvgIpc) is 2.39. The molecule has 21 heavy (non-hydrogen) atoms. The van der Waals surface area contributed by atoms with Gasteiger partial charge in [0, 0.05) is 20.1 Å². The van der Waals surface area contributed by atoms with Gasteiger partial charge < -0.3 is 9.80 Å². The molecule has 1 aromatic heterocycles. The van der Waals surface area contributed by atoms with Crippen LogP contribution >= 0.6 is 22.6 Å². The first-order valence-electron chi connectivity index (χ1n) is 6.43. The van der Waals surface area contributed by atoms with Crippen LogP contribution in [0.5, 0.6) is 0 Å². The Labute approximate surface area is 135 Å². The Bertz CT molecular complexity index is 504. The van der Waals surface area contributed by atoms with E-state index >= 15 is 0 Å². The van der Waals surface area contributed by atoms with Gasteiger partial charge in [-0.2, -0.15) is 13.2 Å². The molecule has 0 bridgehead atoms. The zero-order valence-electron chi connectivity index (χ0n) is 12.0. The molecular weight excluding hydrogens is 398 g/mol. The van der Waals surface area contributed by atoms with Crippen LogP contribution in [0.15, 0.2) is 12.1 Å². The van der Waals surface area contributed by atoms with Crippen molar-refractivity contribution in [2.24, 2.45) is 0 Å². The van der Waals surface area contributed by atoms with E-state index in [1.165, 1.54) is 11.0 Å². The molecule has 0 aliphatic rings. The van der Waals surface area contributed by atoms with Gasteiger partial charge in [-0.25, -0.2) is 4.98 Å².